The van der Waals surface area contributed by atoms with Gasteiger partial charge in [0.15, 0.2) is 0 Å². The van der Waals surface area contributed by atoms with E-state index in [1.165, 1.54) is 13.2 Å². The van der Waals surface area contributed by atoms with Gasteiger partial charge in [0.05, 0.1) is 12.7 Å². The zero-order valence-corrected chi connectivity index (χ0v) is 8.73. The summed E-state index contributed by atoms with van der Waals surface area (Å²) < 4.78 is 4.66. The zero-order valence-electron chi connectivity index (χ0n) is 8.73. The van der Waals surface area contributed by atoms with E-state index in [9.17, 15) is 9.90 Å². The lowest BCUT2D eigenvalue weighted by Gasteiger charge is -2.08. The Morgan fingerprint density at radius 2 is 2.00 bits per heavy atom. The molecule has 16 heavy (non-hydrogen) atoms. The molecular weight excluding hydrogens is 206 g/mol. The number of hydrogen-bond donors (Lipinski definition) is 2. The fourth-order valence-corrected chi connectivity index (χ4v) is 1.65. The van der Waals surface area contributed by atoms with Crippen LogP contribution in [0, 0.1) is 0 Å². The molecule has 0 bridgehead atoms. The summed E-state index contributed by atoms with van der Waals surface area (Å²) in [6.45, 7) is 0. The third kappa shape index (κ3) is 1.54. The van der Waals surface area contributed by atoms with Gasteiger partial charge in [0.25, 0.3) is 0 Å². The van der Waals surface area contributed by atoms with Crippen LogP contribution in [0.2, 0.25) is 0 Å². The first-order chi connectivity index (χ1) is 7.63. The molecule has 3 N–H and O–H groups in total. The molecule has 0 atom stereocenters. The molecule has 0 spiro atoms. The van der Waals surface area contributed by atoms with Crippen molar-refractivity contribution < 1.29 is 14.6 Å². The first-order valence-electron chi connectivity index (χ1n) is 4.73. The number of benzene rings is 2. The predicted octanol–water partition coefficient (Wildman–Crippen LogP) is 1.91. The number of hydrogen-bond acceptors (Lipinski definition) is 4. The molecule has 0 saturated carbocycles. The summed E-state index contributed by atoms with van der Waals surface area (Å²) in [5.74, 6) is -0.419. The lowest BCUT2D eigenvalue weighted by Crippen LogP contribution is -2.06. The van der Waals surface area contributed by atoms with Gasteiger partial charge in [0.2, 0.25) is 0 Å². The fourth-order valence-electron chi connectivity index (χ4n) is 1.65. The molecule has 0 aliphatic rings. The van der Waals surface area contributed by atoms with Gasteiger partial charge in [-0.15, -0.1) is 0 Å². The lowest BCUT2D eigenvalue weighted by molar-refractivity contribution is 0.0604. The fraction of sp³-hybridized carbons (Fsp3) is 0.0833. The van der Waals surface area contributed by atoms with E-state index in [0.717, 1.165) is 5.39 Å². The van der Waals surface area contributed by atoms with Gasteiger partial charge >= 0.3 is 5.97 Å². The Morgan fingerprint density at radius 1 is 1.31 bits per heavy atom. The molecule has 0 heterocycles. The Labute approximate surface area is 92.3 Å². The minimum absolute atomic E-state index is 0.0863. The maximum Gasteiger partial charge on any atom is 0.340 e. The number of rotatable bonds is 1. The van der Waals surface area contributed by atoms with Crippen LogP contribution in [0.1, 0.15) is 10.4 Å². The zero-order chi connectivity index (χ0) is 11.7. The Morgan fingerprint density at radius 3 is 2.69 bits per heavy atom. The van der Waals surface area contributed by atoms with E-state index in [1.54, 1.807) is 24.3 Å². The van der Waals surface area contributed by atoms with Crippen LogP contribution in [0.15, 0.2) is 30.3 Å². The topological polar surface area (TPSA) is 72.5 Å². The van der Waals surface area contributed by atoms with Crippen molar-refractivity contribution >= 4 is 22.4 Å². The van der Waals surface area contributed by atoms with Crippen molar-refractivity contribution in [1.29, 1.82) is 0 Å². The maximum atomic E-state index is 11.6. The minimum Gasteiger partial charge on any atom is -0.508 e. The number of phenolic OH excluding ortho intramolecular Hbond substituents is 1. The van der Waals surface area contributed by atoms with Gasteiger partial charge in [-0.3, -0.25) is 0 Å². The Kier molecular flexibility index (Phi) is 2.40. The second kappa shape index (κ2) is 3.73. The average molecular weight is 217 g/mol. The molecule has 0 amide bonds. The lowest BCUT2D eigenvalue weighted by atomic mass is 10.0. The van der Waals surface area contributed by atoms with Crippen LogP contribution >= 0.6 is 0 Å². The highest BCUT2D eigenvalue weighted by atomic mass is 16.5. The van der Waals surface area contributed by atoms with Crippen LogP contribution in [0.4, 0.5) is 5.69 Å². The third-order valence-corrected chi connectivity index (χ3v) is 2.43. The Hall–Kier alpha value is -2.23. The van der Waals surface area contributed by atoms with Gasteiger partial charge in [0.1, 0.15) is 5.75 Å². The number of anilines is 1. The number of carbonyl (C=O) groups excluding carboxylic acids is 1. The number of nitrogen functional groups attached to an aromatic ring is 1. The van der Waals surface area contributed by atoms with Crippen LogP contribution in [0.5, 0.6) is 5.75 Å². The highest BCUT2D eigenvalue weighted by molar-refractivity contribution is 6.09. The van der Waals surface area contributed by atoms with Crippen LogP contribution in [0.3, 0.4) is 0 Å². The van der Waals surface area contributed by atoms with Crippen LogP contribution in [0.25, 0.3) is 10.8 Å². The monoisotopic (exact) mass is 217 g/mol. The smallest absolute Gasteiger partial charge is 0.340 e. The van der Waals surface area contributed by atoms with E-state index in [-0.39, 0.29) is 11.3 Å². The van der Waals surface area contributed by atoms with E-state index >= 15 is 0 Å². The molecule has 2 aromatic rings. The van der Waals surface area contributed by atoms with Gasteiger partial charge in [-0.25, -0.2) is 4.79 Å². The van der Waals surface area contributed by atoms with Crippen LogP contribution in [-0.2, 0) is 4.74 Å². The molecule has 0 aliphatic carbocycles. The average Bonchev–Trinajstić information content (AvgIpc) is 2.28. The number of ether oxygens (including phenoxy) is 1. The largest absolute Gasteiger partial charge is 0.508 e. The highest BCUT2D eigenvalue weighted by Crippen LogP contribution is 2.27. The molecule has 0 aromatic heterocycles. The molecule has 0 fully saturated rings. The van der Waals surface area contributed by atoms with Crippen molar-refractivity contribution in [2.75, 3.05) is 12.8 Å². The second-order valence-electron chi connectivity index (χ2n) is 3.43. The normalized spacial score (nSPS) is 10.3. The predicted molar refractivity (Wildman–Crippen MR) is 61.4 cm³/mol. The summed E-state index contributed by atoms with van der Waals surface area (Å²) in [6.07, 6.45) is 0. The molecule has 0 aliphatic heterocycles. The van der Waals surface area contributed by atoms with Crippen molar-refractivity contribution in [3.8, 4) is 5.75 Å². The minimum atomic E-state index is -0.506. The summed E-state index contributed by atoms with van der Waals surface area (Å²) in [4.78, 5) is 11.6. The Balaban J connectivity index is 2.82. The van der Waals surface area contributed by atoms with E-state index < -0.39 is 5.97 Å². The third-order valence-electron chi connectivity index (χ3n) is 2.43. The summed E-state index contributed by atoms with van der Waals surface area (Å²) in [6, 6.07) is 8.20. The summed E-state index contributed by atoms with van der Waals surface area (Å²) in [7, 11) is 1.30. The molecule has 2 rings (SSSR count). The molecule has 4 nitrogen and oxygen atoms in total. The van der Waals surface area contributed by atoms with Gasteiger partial charge < -0.3 is 15.6 Å². The number of methoxy groups -OCH3 is 1. The van der Waals surface area contributed by atoms with Gasteiger partial charge in [0, 0.05) is 11.1 Å². The van der Waals surface area contributed by atoms with Crippen LogP contribution in [-0.4, -0.2) is 18.2 Å². The van der Waals surface area contributed by atoms with Crippen molar-refractivity contribution in [2.45, 2.75) is 0 Å². The molecular formula is C12H11NO3. The second-order valence-corrected chi connectivity index (χ2v) is 3.43. The van der Waals surface area contributed by atoms with Gasteiger partial charge in [-0.2, -0.15) is 0 Å². The maximum absolute atomic E-state index is 11.6. The number of esters is 1. The van der Waals surface area contributed by atoms with E-state index in [2.05, 4.69) is 4.74 Å². The number of fused-ring (bicyclic) bond motifs is 1. The number of aromatic hydroxyl groups is 1. The summed E-state index contributed by atoms with van der Waals surface area (Å²) in [5.41, 5.74) is 6.36. The summed E-state index contributed by atoms with van der Waals surface area (Å²) >= 11 is 0. The molecule has 2 aromatic carbocycles. The molecule has 0 radical (unpaired) electrons. The Bertz CT molecular complexity index is 558. The van der Waals surface area contributed by atoms with Gasteiger partial charge in [-0.05, 0) is 23.6 Å². The number of phenols is 1. The van der Waals surface area contributed by atoms with E-state index in [4.69, 9.17) is 5.73 Å². The van der Waals surface area contributed by atoms with Crippen molar-refractivity contribution in [1.82, 2.24) is 0 Å². The highest BCUT2D eigenvalue weighted by Gasteiger charge is 2.14. The van der Waals surface area contributed by atoms with E-state index in [0.29, 0.717) is 11.1 Å². The standard InChI is InChI=1S/C12H11NO3/c1-16-12(15)11-9-6-8(14)4-2-7(9)3-5-10(11)13/h2-6,14H,13H2,1H3. The van der Waals surface area contributed by atoms with Gasteiger partial charge in [-0.1, -0.05) is 12.1 Å². The van der Waals surface area contributed by atoms with Crippen molar-refractivity contribution in [2.24, 2.45) is 0 Å². The number of carbonyl (C=O) groups is 1. The number of nitrogens with two attached hydrogens (primary N) is 1. The quantitative estimate of drug-likeness (QED) is 0.565. The van der Waals surface area contributed by atoms with Crippen molar-refractivity contribution in [3.05, 3.63) is 35.9 Å². The molecule has 82 valence electrons. The van der Waals surface area contributed by atoms with E-state index in [1.807, 2.05) is 0 Å². The SMILES string of the molecule is COC(=O)c1c(N)ccc2ccc(O)cc12. The molecule has 0 saturated heterocycles. The first kappa shape index (κ1) is 10.3. The first-order valence-corrected chi connectivity index (χ1v) is 4.73. The van der Waals surface area contributed by atoms with Crippen LogP contribution < -0.4 is 5.73 Å². The molecule has 4 heteroatoms. The molecule has 0 unspecified atom stereocenters. The summed E-state index contributed by atoms with van der Waals surface area (Å²) in [5, 5.41) is 10.8. The van der Waals surface area contributed by atoms with Crippen molar-refractivity contribution in [3.63, 3.8) is 0 Å².